The summed E-state index contributed by atoms with van der Waals surface area (Å²) < 4.78 is 0. The van der Waals surface area contributed by atoms with E-state index in [-0.39, 0.29) is 5.41 Å². The van der Waals surface area contributed by atoms with Gasteiger partial charge in [-0.2, -0.15) is 0 Å². The van der Waals surface area contributed by atoms with Crippen molar-refractivity contribution in [2.24, 2.45) is 0 Å². The zero-order valence-electron chi connectivity index (χ0n) is 9.98. The van der Waals surface area contributed by atoms with Gasteiger partial charge in [-0.1, -0.05) is 20.8 Å². The van der Waals surface area contributed by atoms with Gasteiger partial charge in [0.1, 0.15) is 4.88 Å². The van der Waals surface area contributed by atoms with Crippen molar-refractivity contribution in [3.63, 3.8) is 0 Å². The molecule has 2 aromatic heterocycles. The summed E-state index contributed by atoms with van der Waals surface area (Å²) in [5.41, 5.74) is 0.149. The van der Waals surface area contributed by atoms with Crippen LogP contribution in [0.4, 0.5) is 0 Å². The molecular weight excluding hydrogens is 252 g/mol. The highest BCUT2D eigenvalue weighted by Gasteiger charge is 2.17. The van der Waals surface area contributed by atoms with Crippen LogP contribution in [0.25, 0.3) is 9.75 Å². The Balaban J connectivity index is 2.34. The molecule has 1 N–H and O–H groups in total. The van der Waals surface area contributed by atoms with Crippen molar-refractivity contribution in [1.29, 1.82) is 0 Å². The highest BCUT2D eigenvalue weighted by Crippen LogP contribution is 2.37. The van der Waals surface area contributed by atoms with E-state index in [2.05, 4.69) is 32.9 Å². The average molecular weight is 266 g/mol. The van der Waals surface area contributed by atoms with Crippen LogP contribution in [0, 0.1) is 0 Å². The molecule has 0 spiro atoms. The van der Waals surface area contributed by atoms with E-state index >= 15 is 0 Å². The van der Waals surface area contributed by atoms with Crippen LogP contribution >= 0.6 is 22.7 Å². The van der Waals surface area contributed by atoms with E-state index in [1.165, 1.54) is 16.2 Å². The smallest absolute Gasteiger partial charge is 0.345 e. The first-order valence-corrected chi connectivity index (χ1v) is 6.95. The number of aromatic carboxylic acids is 1. The number of carbonyl (C=O) groups is 1. The predicted octanol–water partition coefficient (Wildman–Crippen LogP) is 4.47. The molecule has 0 radical (unpaired) electrons. The van der Waals surface area contributed by atoms with E-state index in [1.54, 1.807) is 17.4 Å². The summed E-state index contributed by atoms with van der Waals surface area (Å²) >= 11 is 3.06. The third kappa shape index (κ3) is 2.58. The summed E-state index contributed by atoms with van der Waals surface area (Å²) in [6.07, 6.45) is 0. The van der Waals surface area contributed by atoms with Crippen LogP contribution in [0.5, 0.6) is 0 Å². The quantitative estimate of drug-likeness (QED) is 0.870. The Labute approximate surface area is 109 Å². The molecule has 0 saturated heterocycles. The molecule has 0 aromatic carbocycles. The molecule has 4 heteroatoms. The van der Waals surface area contributed by atoms with Crippen molar-refractivity contribution < 1.29 is 9.90 Å². The van der Waals surface area contributed by atoms with Gasteiger partial charge in [-0.25, -0.2) is 4.79 Å². The second-order valence-electron chi connectivity index (χ2n) is 4.88. The fraction of sp³-hybridized carbons (Fsp3) is 0.308. The minimum Gasteiger partial charge on any atom is -0.477 e. The van der Waals surface area contributed by atoms with Gasteiger partial charge >= 0.3 is 5.97 Å². The lowest BCUT2D eigenvalue weighted by molar-refractivity contribution is 0.0702. The number of rotatable bonds is 2. The molecule has 17 heavy (non-hydrogen) atoms. The molecule has 2 aromatic rings. The van der Waals surface area contributed by atoms with Gasteiger partial charge in [0, 0.05) is 14.6 Å². The molecule has 0 unspecified atom stereocenters. The molecule has 90 valence electrons. The van der Waals surface area contributed by atoms with Gasteiger partial charge < -0.3 is 5.11 Å². The zero-order valence-corrected chi connectivity index (χ0v) is 11.6. The van der Waals surface area contributed by atoms with Crippen molar-refractivity contribution in [2.75, 3.05) is 0 Å². The molecule has 0 saturated carbocycles. The van der Waals surface area contributed by atoms with Gasteiger partial charge in [0.15, 0.2) is 0 Å². The lowest BCUT2D eigenvalue weighted by Gasteiger charge is -2.15. The largest absolute Gasteiger partial charge is 0.477 e. The van der Waals surface area contributed by atoms with Crippen molar-refractivity contribution >= 4 is 28.6 Å². The summed E-state index contributed by atoms with van der Waals surface area (Å²) in [7, 11) is 0. The monoisotopic (exact) mass is 266 g/mol. The van der Waals surface area contributed by atoms with Gasteiger partial charge in [-0.05, 0) is 29.7 Å². The maximum atomic E-state index is 10.8. The lowest BCUT2D eigenvalue weighted by Crippen LogP contribution is -2.07. The Hall–Kier alpha value is -1.13. The van der Waals surface area contributed by atoms with Gasteiger partial charge in [0.05, 0.1) is 0 Å². The molecule has 0 aliphatic heterocycles. The zero-order chi connectivity index (χ0) is 12.6. The maximum absolute atomic E-state index is 10.8. The SMILES string of the molecule is CC(C)(C)c1ccc(-c2ccc(C(=O)O)s2)s1. The second-order valence-corrected chi connectivity index (χ2v) is 7.05. The molecule has 2 heterocycles. The number of hydrogen-bond acceptors (Lipinski definition) is 3. The van der Waals surface area contributed by atoms with Crippen LogP contribution in [-0.2, 0) is 5.41 Å². The van der Waals surface area contributed by atoms with Crippen molar-refractivity contribution in [3.05, 3.63) is 34.0 Å². The standard InChI is InChI=1S/C13H14O2S2/c1-13(2,3)11-7-6-9(17-11)8-4-5-10(16-8)12(14)15/h4-7H,1-3H3,(H,14,15). The molecular formula is C13H14O2S2. The third-order valence-electron chi connectivity index (χ3n) is 2.40. The molecule has 0 fully saturated rings. The highest BCUT2D eigenvalue weighted by molar-refractivity contribution is 7.23. The Kier molecular flexibility index (Phi) is 3.10. The predicted molar refractivity (Wildman–Crippen MR) is 73.3 cm³/mol. The first-order chi connectivity index (χ1) is 7.88. The molecule has 0 atom stereocenters. The van der Waals surface area contributed by atoms with E-state index in [9.17, 15) is 4.79 Å². The number of carboxylic acid groups (broad SMARTS) is 1. The fourth-order valence-corrected chi connectivity index (χ4v) is 3.46. The first-order valence-electron chi connectivity index (χ1n) is 5.32. The van der Waals surface area contributed by atoms with E-state index in [4.69, 9.17) is 5.11 Å². The summed E-state index contributed by atoms with van der Waals surface area (Å²) in [4.78, 5) is 14.7. The summed E-state index contributed by atoms with van der Waals surface area (Å²) in [5.74, 6) is -0.853. The summed E-state index contributed by atoms with van der Waals surface area (Å²) in [6, 6.07) is 7.74. The fourth-order valence-electron chi connectivity index (χ4n) is 1.46. The van der Waals surface area contributed by atoms with Crippen molar-refractivity contribution in [3.8, 4) is 9.75 Å². The Bertz CT molecular complexity index is 544. The maximum Gasteiger partial charge on any atom is 0.345 e. The van der Waals surface area contributed by atoms with Crippen LogP contribution < -0.4 is 0 Å². The first kappa shape index (κ1) is 12.3. The van der Waals surface area contributed by atoms with E-state index < -0.39 is 5.97 Å². The van der Waals surface area contributed by atoms with Crippen LogP contribution in [-0.4, -0.2) is 11.1 Å². The number of hydrogen-bond donors (Lipinski definition) is 1. The third-order valence-corrected chi connectivity index (χ3v) is 5.18. The second kappa shape index (κ2) is 4.27. The lowest BCUT2D eigenvalue weighted by atomic mass is 9.95. The Morgan fingerprint density at radius 1 is 1.06 bits per heavy atom. The molecule has 0 amide bonds. The number of carboxylic acids is 1. The van der Waals surface area contributed by atoms with Crippen LogP contribution in [0.2, 0.25) is 0 Å². The molecule has 2 nitrogen and oxygen atoms in total. The van der Waals surface area contributed by atoms with Gasteiger partial charge in [-0.15, -0.1) is 22.7 Å². The van der Waals surface area contributed by atoms with Gasteiger partial charge in [0.2, 0.25) is 0 Å². The molecule has 0 aliphatic carbocycles. The highest BCUT2D eigenvalue weighted by atomic mass is 32.1. The van der Waals surface area contributed by atoms with Gasteiger partial charge in [-0.3, -0.25) is 0 Å². The average Bonchev–Trinajstić information content (AvgIpc) is 2.85. The van der Waals surface area contributed by atoms with Crippen LogP contribution in [0.3, 0.4) is 0 Å². The summed E-state index contributed by atoms with van der Waals surface area (Å²) in [6.45, 7) is 6.54. The molecule has 2 rings (SSSR count). The number of thiophene rings is 2. The summed E-state index contributed by atoms with van der Waals surface area (Å²) in [5, 5.41) is 8.89. The molecule has 0 bridgehead atoms. The van der Waals surface area contributed by atoms with Crippen LogP contribution in [0.15, 0.2) is 24.3 Å². The van der Waals surface area contributed by atoms with E-state index in [0.29, 0.717) is 4.88 Å². The Morgan fingerprint density at radius 3 is 2.12 bits per heavy atom. The normalized spacial score (nSPS) is 11.7. The van der Waals surface area contributed by atoms with E-state index in [0.717, 1.165) is 9.75 Å². The topological polar surface area (TPSA) is 37.3 Å². The van der Waals surface area contributed by atoms with E-state index in [1.807, 2.05) is 6.07 Å². The molecule has 0 aliphatic rings. The minimum atomic E-state index is -0.853. The minimum absolute atomic E-state index is 0.149. The van der Waals surface area contributed by atoms with Crippen LogP contribution in [0.1, 0.15) is 35.3 Å². The van der Waals surface area contributed by atoms with Crippen molar-refractivity contribution in [2.45, 2.75) is 26.2 Å². The van der Waals surface area contributed by atoms with Gasteiger partial charge in [0.25, 0.3) is 0 Å². The Morgan fingerprint density at radius 2 is 1.65 bits per heavy atom. The van der Waals surface area contributed by atoms with Crippen molar-refractivity contribution in [1.82, 2.24) is 0 Å².